The molecule has 0 fully saturated rings. The Morgan fingerprint density at radius 2 is 1.95 bits per heavy atom. The molecule has 0 saturated heterocycles. The molecule has 0 spiro atoms. The van der Waals surface area contributed by atoms with Crippen molar-refractivity contribution in [1.82, 2.24) is 10.4 Å². The van der Waals surface area contributed by atoms with Crippen LogP contribution >= 0.6 is 15.9 Å². The predicted molar refractivity (Wildman–Crippen MR) is 78.1 cm³/mol. The minimum absolute atomic E-state index is 0.240. The van der Waals surface area contributed by atoms with Crippen LogP contribution in [0.1, 0.15) is 22.8 Å². The van der Waals surface area contributed by atoms with Crippen molar-refractivity contribution in [2.24, 2.45) is 5.10 Å². The zero-order chi connectivity index (χ0) is 13.7. The third-order valence-corrected chi connectivity index (χ3v) is 3.04. The van der Waals surface area contributed by atoms with Crippen LogP contribution < -0.4 is 5.43 Å². The fraction of sp³-hybridized carbons (Fsp3) is 0.0714. The predicted octanol–water partition coefficient (Wildman–Crippen LogP) is 3.00. The zero-order valence-corrected chi connectivity index (χ0v) is 11.9. The van der Waals surface area contributed by atoms with Gasteiger partial charge in [0.15, 0.2) is 0 Å². The summed E-state index contributed by atoms with van der Waals surface area (Å²) < 4.78 is 0.930. The Bertz CT molecular complexity index is 594. The molecule has 0 saturated carbocycles. The van der Waals surface area contributed by atoms with Gasteiger partial charge in [0.1, 0.15) is 0 Å². The Kier molecular flexibility index (Phi) is 4.41. The lowest BCUT2D eigenvalue weighted by Gasteiger charge is -2.02. The van der Waals surface area contributed by atoms with Gasteiger partial charge in [0.25, 0.3) is 5.91 Å². The Morgan fingerprint density at radius 1 is 1.21 bits per heavy atom. The van der Waals surface area contributed by atoms with E-state index in [9.17, 15) is 4.79 Å². The number of aromatic nitrogens is 1. The summed E-state index contributed by atoms with van der Waals surface area (Å²) in [4.78, 5) is 15.8. The Balaban J connectivity index is 2.06. The van der Waals surface area contributed by atoms with Crippen molar-refractivity contribution in [2.45, 2.75) is 6.92 Å². The van der Waals surface area contributed by atoms with Crippen LogP contribution in [-0.4, -0.2) is 16.6 Å². The van der Waals surface area contributed by atoms with E-state index in [0.717, 1.165) is 10.0 Å². The number of rotatable bonds is 3. The molecular formula is C14H12BrN3O. The Labute approximate surface area is 119 Å². The van der Waals surface area contributed by atoms with Crippen LogP contribution in [0.3, 0.4) is 0 Å². The first-order valence-corrected chi connectivity index (χ1v) is 6.47. The van der Waals surface area contributed by atoms with Gasteiger partial charge in [-0.3, -0.25) is 9.78 Å². The average Bonchev–Trinajstić information content (AvgIpc) is 2.46. The number of halogens is 1. The molecule has 1 aromatic carbocycles. The van der Waals surface area contributed by atoms with Gasteiger partial charge in [-0.05, 0) is 37.3 Å². The first-order valence-electron chi connectivity index (χ1n) is 5.67. The summed E-state index contributed by atoms with van der Waals surface area (Å²) >= 11 is 3.32. The zero-order valence-electron chi connectivity index (χ0n) is 10.3. The molecule has 0 aliphatic rings. The molecule has 1 amide bonds. The van der Waals surface area contributed by atoms with Crippen LogP contribution in [-0.2, 0) is 0 Å². The number of carbonyl (C=O) groups is 1. The molecule has 0 aliphatic carbocycles. The van der Waals surface area contributed by atoms with Crippen molar-refractivity contribution in [2.75, 3.05) is 0 Å². The average molecular weight is 318 g/mol. The normalized spacial score (nSPS) is 11.2. The largest absolute Gasteiger partial charge is 0.271 e. The molecule has 2 rings (SSSR count). The number of nitrogens with one attached hydrogen (secondary N) is 1. The maximum Gasteiger partial charge on any atom is 0.271 e. The topological polar surface area (TPSA) is 54.4 Å². The second-order valence-corrected chi connectivity index (χ2v) is 4.80. The highest BCUT2D eigenvalue weighted by atomic mass is 79.9. The summed E-state index contributed by atoms with van der Waals surface area (Å²) in [6.45, 7) is 1.82. The van der Waals surface area contributed by atoms with Gasteiger partial charge in [-0.15, -0.1) is 0 Å². The molecule has 4 nitrogen and oxygen atoms in total. The van der Waals surface area contributed by atoms with E-state index in [1.54, 1.807) is 24.5 Å². The van der Waals surface area contributed by atoms with E-state index in [-0.39, 0.29) is 5.91 Å². The van der Waals surface area contributed by atoms with Crippen LogP contribution in [0.2, 0.25) is 0 Å². The Hall–Kier alpha value is -2.01. The molecule has 0 atom stereocenters. The van der Waals surface area contributed by atoms with E-state index in [1.165, 1.54) is 0 Å². The molecule has 5 heteroatoms. The van der Waals surface area contributed by atoms with Crippen molar-refractivity contribution in [3.8, 4) is 0 Å². The van der Waals surface area contributed by atoms with E-state index in [4.69, 9.17) is 0 Å². The number of pyridine rings is 1. The second-order valence-electron chi connectivity index (χ2n) is 3.89. The van der Waals surface area contributed by atoms with Crippen molar-refractivity contribution in [3.05, 3.63) is 64.4 Å². The Morgan fingerprint density at radius 3 is 2.58 bits per heavy atom. The third-order valence-electron chi connectivity index (χ3n) is 2.51. The van der Waals surface area contributed by atoms with Crippen LogP contribution in [0.25, 0.3) is 0 Å². The summed E-state index contributed by atoms with van der Waals surface area (Å²) in [5.41, 5.74) is 4.66. The number of amides is 1. The summed E-state index contributed by atoms with van der Waals surface area (Å²) in [7, 11) is 0. The van der Waals surface area contributed by atoms with E-state index in [0.29, 0.717) is 11.3 Å². The number of nitrogens with zero attached hydrogens (tertiary/aromatic N) is 2. The summed E-state index contributed by atoms with van der Waals surface area (Å²) in [6, 6.07) is 10.8. The smallest absolute Gasteiger partial charge is 0.267 e. The molecule has 1 N–H and O–H groups in total. The fourth-order valence-corrected chi connectivity index (χ4v) is 1.71. The lowest BCUT2D eigenvalue weighted by Crippen LogP contribution is -2.19. The molecule has 96 valence electrons. The number of hydrogen-bond donors (Lipinski definition) is 1. The third kappa shape index (κ3) is 3.72. The van der Waals surface area contributed by atoms with Gasteiger partial charge in [-0.2, -0.15) is 5.10 Å². The second kappa shape index (κ2) is 6.24. The van der Waals surface area contributed by atoms with Crippen LogP contribution in [0.5, 0.6) is 0 Å². The molecule has 19 heavy (non-hydrogen) atoms. The highest BCUT2D eigenvalue weighted by Crippen LogP contribution is 2.10. The quantitative estimate of drug-likeness (QED) is 0.699. The van der Waals surface area contributed by atoms with E-state index < -0.39 is 0 Å². The van der Waals surface area contributed by atoms with E-state index in [2.05, 4.69) is 31.4 Å². The molecule has 0 radical (unpaired) electrons. The van der Waals surface area contributed by atoms with Gasteiger partial charge in [-0.25, -0.2) is 5.43 Å². The molecular weight excluding hydrogens is 306 g/mol. The number of benzene rings is 1. The molecule has 1 aromatic heterocycles. The van der Waals surface area contributed by atoms with Crippen molar-refractivity contribution < 1.29 is 4.79 Å². The van der Waals surface area contributed by atoms with Gasteiger partial charge in [0, 0.05) is 28.0 Å². The van der Waals surface area contributed by atoms with E-state index >= 15 is 0 Å². The monoisotopic (exact) mass is 317 g/mol. The van der Waals surface area contributed by atoms with Gasteiger partial charge in [0.05, 0.1) is 5.71 Å². The standard InChI is InChI=1S/C14H12BrN3O/c1-10(12-3-2-8-16-9-12)17-18-14(19)11-4-6-13(15)7-5-11/h2-9H,1H3,(H,18,19)/b17-10-. The summed E-state index contributed by atoms with van der Waals surface area (Å²) in [5, 5.41) is 4.06. The van der Waals surface area contributed by atoms with Gasteiger partial charge < -0.3 is 0 Å². The minimum Gasteiger partial charge on any atom is -0.267 e. The van der Waals surface area contributed by atoms with Crippen molar-refractivity contribution in [1.29, 1.82) is 0 Å². The summed E-state index contributed by atoms with van der Waals surface area (Å²) in [5.74, 6) is -0.240. The maximum absolute atomic E-state index is 11.8. The molecule has 0 unspecified atom stereocenters. The molecule has 2 aromatic rings. The summed E-state index contributed by atoms with van der Waals surface area (Å²) in [6.07, 6.45) is 3.39. The van der Waals surface area contributed by atoms with E-state index in [1.807, 2.05) is 31.2 Å². The minimum atomic E-state index is -0.240. The maximum atomic E-state index is 11.8. The van der Waals surface area contributed by atoms with Gasteiger partial charge in [0.2, 0.25) is 0 Å². The van der Waals surface area contributed by atoms with Crippen LogP contribution in [0.15, 0.2) is 58.4 Å². The first kappa shape index (κ1) is 13.4. The van der Waals surface area contributed by atoms with Crippen LogP contribution in [0, 0.1) is 0 Å². The van der Waals surface area contributed by atoms with Crippen LogP contribution in [0.4, 0.5) is 0 Å². The molecule has 0 bridgehead atoms. The first-order chi connectivity index (χ1) is 9.16. The number of carbonyl (C=O) groups excluding carboxylic acids is 1. The van der Waals surface area contributed by atoms with Crippen molar-refractivity contribution >= 4 is 27.5 Å². The lowest BCUT2D eigenvalue weighted by atomic mass is 10.2. The lowest BCUT2D eigenvalue weighted by molar-refractivity contribution is 0.0955. The highest BCUT2D eigenvalue weighted by Gasteiger charge is 2.04. The number of hydrogen-bond acceptors (Lipinski definition) is 3. The fourth-order valence-electron chi connectivity index (χ4n) is 1.44. The molecule has 0 aliphatic heterocycles. The highest BCUT2D eigenvalue weighted by molar-refractivity contribution is 9.10. The van der Waals surface area contributed by atoms with Gasteiger partial charge >= 0.3 is 0 Å². The molecule has 1 heterocycles. The van der Waals surface area contributed by atoms with Gasteiger partial charge in [-0.1, -0.05) is 22.0 Å². The number of hydrazone groups is 1. The SMILES string of the molecule is C/C(=N/NC(=O)c1ccc(Br)cc1)c1cccnc1. The van der Waals surface area contributed by atoms with Crippen molar-refractivity contribution in [3.63, 3.8) is 0 Å².